The van der Waals surface area contributed by atoms with Crippen LogP contribution in [0.15, 0.2) is 71.6 Å². The van der Waals surface area contributed by atoms with Crippen LogP contribution in [0.4, 0.5) is 10.1 Å². The molecule has 3 aromatic rings. The zero-order valence-corrected chi connectivity index (χ0v) is 18.0. The van der Waals surface area contributed by atoms with E-state index in [1.54, 1.807) is 6.07 Å². The molecule has 3 aromatic carbocycles. The van der Waals surface area contributed by atoms with Crippen LogP contribution in [0.1, 0.15) is 28.9 Å². The Labute approximate surface area is 185 Å². The molecule has 1 amide bonds. The fourth-order valence-corrected chi connectivity index (χ4v) is 4.27. The van der Waals surface area contributed by atoms with E-state index in [0.29, 0.717) is 30.3 Å². The van der Waals surface area contributed by atoms with Gasteiger partial charge < -0.3 is 14.8 Å². The Morgan fingerprint density at radius 1 is 0.938 bits per heavy atom. The van der Waals surface area contributed by atoms with Crippen LogP contribution < -0.4 is 19.5 Å². The molecule has 166 valence electrons. The second-order valence-corrected chi connectivity index (χ2v) is 8.92. The van der Waals surface area contributed by atoms with Crippen LogP contribution in [0, 0.1) is 5.82 Å². The molecule has 0 saturated carbocycles. The molecule has 0 saturated heterocycles. The van der Waals surface area contributed by atoms with Gasteiger partial charge in [-0.3, -0.25) is 9.52 Å². The monoisotopic (exact) mass is 456 g/mol. The van der Waals surface area contributed by atoms with Crippen molar-refractivity contribution < 1.29 is 27.1 Å². The fraction of sp³-hybridized carbons (Fsp3) is 0.174. The van der Waals surface area contributed by atoms with Crippen molar-refractivity contribution in [2.75, 3.05) is 17.9 Å². The SMILES string of the molecule is C[C@H](NC(=O)c1ccc(S(=O)(=O)Nc2ccc(F)cc2)cc1)c1ccc2c(c1)OCCO2. The van der Waals surface area contributed by atoms with E-state index in [9.17, 15) is 17.6 Å². The lowest BCUT2D eigenvalue weighted by atomic mass is 10.1. The average Bonchev–Trinajstić information content (AvgIpc) is 2.80. The molecule has 1 aliphatic heterocycles. The fourth-order valence-electron chi connectivity index (χ4n) is 3.21. The van der Waals surface area contributed by atoms with Crippen LogP contribution in [0.25, 0.3) is 0 Å². The van der Waals surface area contributed by atoms with Crippen molar-refractivity contribution in [3.8, 4) is 11.5 Å². The first-order chi connectivity index (χ1) is 15.3. The van der Waals surface area contributed by atoms with Crippen molar-refractivity contribution in [2.45, 2.75) is 17.9 Å². The van der Waals surface area contributed by atoms with Crippen molar-refractivity contribution in [1.82, 2.24) is 5.32 Å². The Balaban J connectivity index is 1.43. The number of nitrogens with one attached hydrogen (secondary N) is 2. The zero-order valence-electron chi connectivity index (χ0n) is 17.2. The van der Waals surface area contributed by atoms with Crippen molar-refractivity contribution in [2.24, 2.45) is 0 Å². The highest BCUT2D eigenvalue weighted by molar-refractivity contribution is 7.92. The van der Waals surface area contributed by atoms with Crippen LogP contribution in [-0.2, 0) is 10.0 Å². The van der Waals surface area contributed by atoms with Gasteiger partial charge in [0, 0.05) is 11.3 Å². The van der Waals surface area contributed by atoms with E-state index in [0.717, 1.165) is 17.7 Å². The van der Waals surface area contributed by atoms with Crippen LogP contribution in [-0.4, -0.2) is 27.5 Å². The lowest BCUT2D eigenvalue weighted by Gasteiger charge is -2.21. The summed E-state index contributed by atoms with van der Waals surface area (Å²) in [7, 11) is -3.87. The summed E-state index contributed by atoms with van der Waals surface area (Å²) in [5.74, 6) is 0.499. The molecule has 4 rings (SSSR count). The molecule has 1 aliphatic rings. The molecule has 0 fully saturated rings. The molecule has 9 heteroatoms. The van der Waals surface area contributed by atoms with Crippen molar-refractivity contribution in [1.29, 1.82) is 0 Å². The normalized spacial score (nSPS) is 13.8. The minimum absolute atomic E-state index is 0.0155. The van der Waals surface area contributed by atoms with Gasteiger partial charge in [-0.25, -0.2) is 12.8 Å². The highest BCUT2D eigenvalue weighted by atomic mass is 32.2. The van der Waals surface area contributed by atoms with Crippen LogP contribution in [0.5, 0.6) is 11.5 Å². The summed E-state index contributed by atoms with van der Waals surface area (Å²) >= 11 is 0. The first-order valence-corrected chi connectivity index (χ1v) is 11.4. The number of rotatable bonds is 6. The number of amides is 1. The van der Waals surface area contributed by atoms with Gasteiger partial charge in [0.1, 0.15) is 19.0 Å². The molecule has 0 radical (unpaired) electrons. The predicted molar refractivity (Wildman–Crippen MR) is 117 cm³/mol. The molecule has 0 spiro atoms. The first-order valence-electron chi connectivity index (χ1n) is 9.91. The van der Waals surface area contributed by atoms with Gasteiger partial charge in [0.2, 0.25) is 0 Å². The van der Waals surface area contributed by atoms with E-state index in [2.05, 4.69) is 10.0 Å². The number of carbonyl (C=O) groups is 1. The lowest BCUT2D eigenvalue weighted by molar-refractivity contribution is 0.0939. The summed E-state index contributed by atoms with van der Waals surface area (Å²) in [4.78, 5) is 12.6. The molecule has 32 heavy (non-hydrogen) atoms. The second-order valence-electron chi connectivity index (χ2n) is 7.24. The van der Waals surface area contributed by atoms with Gasteiger partial charge in [0.05, 0.1) is 10.9 Å². The Morgan fingerprint density at radius 2 is 1.59 bits per heavy atom. The van der Waals surface area contributed by atoms with Crippen molar-refractivity contribution in [3.05, 3.63) is 83.7 Å². The van der Waals surface area contributed by atoms with E-state index in [4.69, 9.17) is 9.47 Å². The van der Waals surface area contributed by atoms with E-state index in [-0.39, 0.29) is 22.5 Å². The van der Waals surface area contributed by atoms with Crippen LogP contribution >= 0.6 is 0 Å². The van der Waals surface area contributed by atoms with Crippen molar-refractivity contribution in [3.63, 3.8) is 0 Å². The number of halogens is 1. The summed E-state index contributed by atoms with van der Waals surface area (Å²) in [6, 6.07) is 15.7. The van der Waals surface area contributed by atoms with E-state index in [1.807, 2.05) is 19.1 Å². The maximum absolute atomic E-state index is 13.0. The van der Waals surface area contributed by atoms with E-state index in [1.165, 1.54) is 36.4 Å². The summed E-state index contributed by atoms with van der Waals surface area (Å²) in [5.41, 5.74) is 1.40. The third kappa shape index (κ3) is 4.83. The van der Waals surface area contributed by atoms with Crippen molar-refractivity contribution >= 4 is 21.6 Å². The van der Waals surface area contributed by atoms with Gasteiger partial charge >= 0.3 is 0 Å². The lowest BCUT2D eigenvalue weighted by Crippen LogP contribution is -2.27. The number of sulfonamides is 1. The summed E-state index contributed by atoms with van der Waals surface area (Å²) in [6.07, 6.45) is 0. The summed E-state index contributed by atoms with van der Waals surface area (Å²) < 4.78 is 51.5. The Hall–Kier alpha value is -3.59. The second kappa shape index (κ2) is 8.88. The standard InChI is InChI=1S/C23H21FN2O5S/c1-15(17-4-11-21-22(14-17)31-13-12-30-21)25-23(27)16-2-9-20(10-3-16)32(28,29)26-19-7-5-18(24)6-8-19/h2-11,14-15,26H,12-13H2,1H3,(H,25,27)/t15-/m0/s1. The summed E-state index contributed by atoms with van der Waals surface area (Å²) in [5, 5.41) is 2.89. The number of hydrogen-bond donors (Lipinski definition) is 2. The van der Waals surface area contributed by atoms with E-state index >= 15 is 0 Å². The first kappa shape index (κ1) is 21.6. The highest BCUT2D eigenvalue weighted by Crippen LogP contribution is 2.32. The van der Waals surface area contributed by atoms with Gasteiger partial charge in [-0.05, 0) is 73.2 Å². The average molecular weight is 456 g/mol. The minimum Gasteiger partial charge on any atom is -0.486 e. The molecule has 7 nitrogen and oxygen atoms in total. The quantitative estimate of drug-likeness (QED) is 0.587. The number of ether oxygens (including phenoxy) is 2. The van der Waals surface area contributed by atoms with Crippen LogP contribution in [0.2, 0.25) is 0 Å². The molecule has 0 aliphatic carbocycles. The molecule has 1 atom stereocenters. The number of hydrogen-bond acceptors (Lipinski definition) is 5. The number of benzene rings is 3. The Bertz CT molecular complexity index is 1230. The topological polar surface area (TPSA) is 93.7 Å². The molecule has 1 heterocycles. The third-order valence-corrected chi connectivity index (χ3v) is 6.33. The number of carbonyl (C=O) groups excluding carboxylic acids is 1. The molecule has 0 aromatic heterocycles. The Kier molecular flexibility index (Phi) is 6.00. The smallest absolute Gasteiger partial charge is 0.261 e. The molecular formula is C23H21FN2O5S. The highest BCUT2D eigenvalue weighted by Gasteiger charge is 2.18. The van der Waals surface area contributed by atoms with Gasteiger partial charge in [0.15, 0.2) is 11.5 Å². The van der Waals surface area contributed by atoms with Crippen LogP contribution in [0.3, 0.4) is 0 Å². The van der Waals surface area contributed by atoms with Gasteiger partial charge in [0.25, 0.3) is 15.9 Å². The number of fused-ring (bicyclic) bond motifs is 1. The predicted octanol–water partition coefficient (Wildman–Crippen LogP) is 3.89. The molecular weight excluding hydrogens is 435 g/mol. The maximum atomic E-state index is 13.0. The Morgan fingerprint density at radius 3 is 2.28 bits per heavy atom. The van der Waals surface area contributed by atoms with E-state index < -0.39 is 15.8 Å². The largest absolute Gasteiger partial charge is 0.486 e. The third-order valence-electron chi connectivity index (χ3n) is 4.94. The minimum atomic E-state index is -3.87. The summed E-state index contributed by atoms with van der Waals surface area (Å²) in [6.45, 7) is 2.82. The number of anilines is 1. The van der Waals surface area contributed by atoms with Gasteiger partial charge in [-0.2, -0.15) is 0 Å². The zero-order chi connectivity index (χ0) is 22.7. The van der Waals surface area contributed by atoms with Gasteiger partial charge in [-0.15, -0.1) is 0 Å². The molecule has 0 unspecified atom stereocenters. The maximum Gasteiger partial charge on any atom is 0.261 e. The molecule has 2 N–H and O–H groups in total. The molecule has 0 bridgehead atoms. The van der Waals surface area contributed by atoms with Gasteiger partial charge in [-0.1, -0.05) is 6.07 Å².